The second-order valence-electron chi connectivity index (χ2n) is 7.39. The molecule has 0 aliphatic rings. The summed E-state index contributed by atoms with van der Waals surface area (Å²) in [7, 11) is 0. The van der Waals surface area contributed by atoms with Crippen LogP contribution in [0.25, 0.3) is 22.4 Å². The number of hydrogen-bond acceptors (Lipinski definition) is 6. The summed E-state index contributed by atoms with van der Waals surface area (Å²) in [6.45, 7) is 5.68. The molecule has 4 rings (SSSR count). The average molecular weight is 437 g/mol. The van der Waals surface area contributed by atoms with Crippen LogP contribution in [0, 0.1) is 6.92 Å². The molecule has 0 saturated heterocycles. The Hall–Kier alpha value is -3.45. The Morgan fingerprint density at radius 1 is 1.19 bits per heavy atom. The van der Waals surface area contributed by atoms with E-state index in [1.54, 1.807) is 24.4 Å². The van der Waals surface area contributed by atoms with Gasteiger partial charge in [0, 0.05) is 17.5 Å². The van der Waals surface area contributed by atoms with Gasteiger partial charge in [0.05, 0.1) is 16.3 Å². The second-order valence-corrected chi connectivity index (χ2v) is 7.80. The van der Waals surface area contributed by atoms with E-state index >= 15 is 0 Å². The van der Waals surface area contributed by atoms with Crippen molar-refractivity contribution < 1.29 is 14.1 Å². The first-order valence-electron chi connectivity index (χ1n) is 9.83. The molecule has 0 aliphatic heterocycles. The number of rotatable bonds is 6. The number of hydrogen-bond donors (Lipinski definition) is 1. The van der Waals surface area contributed by atoms with Crippen molar-refractivity contribution in [3.63, 3.8) is 0 Å². The fourth-order valence-electron chi connectivity index (χ4n) is 3.14. The number of nitrogens with one attached hydrogen (secondary N) is 1. The SMILES string of the molecule is Cc1cccc(-c2nc(C(C)C)no2)c1NC(=O)COc1ccc(Cl)c2cccnc12. The Labute approximate surface area is 184 Å². The Bertz CT molecular complexity index is 1250. The summed E-state index contributed by atoms with van der Waals surface area (Å²) in [4.78, 5) is 21.5. The molecule has 0 saturated carbocycles. The highest BCUT2D eigenvalue weighted by Gasteiger charge is 2.18. The third kappa shape index (κ3) is 4.36. The molecule has 1 N–H and O–H groups in total. The summed E-state index contributed by atoms with van der Waals surface area (Å²) in [6, 6.07) is 12.7. The minimum absolute atomic E-state index is 0.136. The van der Waals surface area contributed by atoms with Gasteiger partial charge in [0.25, 0.3) is 11.8 Å². The van der Waals surface area contributed by atoms with E-state index in [0.29, 0.717) is 39.3 Å². The number of fused-ring (bicyclic) bond motifs is 1. The number of nitrogens with zero attached hydrogens (tertiary/aromatic N) is 3. The Kier molecular flexibility index (Phi) is 5.86. The van der Waals surface area contributed by atoms with Gasteiger partial charge in [-0.25, -0.2) is 0 Å². The molecule has 7 nitrogen and oxygen atoms in total. The van der Waals surface area contributed by atoms with Crippen molar-refractivity contribution in [2.75, 3.05) is 11.9 Å². The van der Waals surface area contributed by atoms with Gasteiger partial charge in [-0.05, 0) is 42.8 Å². The minimum Gasteiger partial charge on any atom is -0.481 e. The van der Waals surface area contributed by atoms with Gasteiger partial charge in [0.1, 0.15) is 11.3 Å². The minimum atomic E-state index is -0.321. The molecule has 1 amide bonds. The third-order valence-corrected chi connectivity index (χ3v) is 5.09. The number of halogens is 1. The van der Waals surface area contributed by atoms with Crippen LogP contribution in [0.3, 0.4) is 0 Å². The summed E-state index contributed by atoms with van der Waals surface area (Å²) in [5.41, 5.74) is 2.74. The molecule has 0 spiro atoms. The van der Waals surface area contributed by atoms with Crippen LogP contribution in [0.1, 0.15) is 31.2 Å². The maximum atomic E-state index is 12.7. The van der Waals surface area contributed by atoms with Crippen LogP contribution in [-0.4, -0.2) is 27.6 Å². The predicted molar refractivity (Wildman–Crippen MR) is 119 cm³/mol. The highest BCUT2D eigenvalue weighted by Crippen LogP contribution is 2.31. The Balaban J connectivity index is 1.54. The highest BCUT2D eigenvalue weighted by molar-refractivity contribution is 6.35. The lowest BCUT2D eigenvalue weighted by Gasteiger charge is -2.13. The number of pyridine rings is 1. The first-order chi connectivity index (χ1) is 14.9. The monoisotopic (exact) mass is 436 g/mol. The maximum Gasteiger partial charge on any atom is 0.262 e. The predicted octanol–water partition coefficient (Wildman–Crippen LogP) is 5.39. The lowest BCUT2D eigenvalue weighted by molar-refractivity contribution is -0.118. The molecule has 0 radical (unpaired) electrons. The third-order valence-electron chi connectivity index (χ3n) is 4.76. The van der Waals surface area contributed by atoms with E-state index in [2.05, 4.69) is 20.4 Å². The van der Waals surface area contributed by atoms with Gasteiger partial charge in [-0.15, -0.1) is 0 Å². The van der Waals surface area contributed by atoms with E-state index < -0.39 is 0 Å². The van der Waals surface area contributed by atoms with Gasteiger partial charge in [0.15, 0.2) is 12.4 Å². The van der Waals surface area contributed by atoms with E-state index in [0.717, 1.165) is 10.9 Å². The number of para-hydroxylation sites is 1. The Morgan fingerprint density at radius 2 is 2.03 bits per heavy atom. The Morgan fingerprint density at radius 3 is 2.81 bits per heavy atom. The smallest absolute Gasteiger partial charge is 0.262 e. The molecule has 158 valence electrons. The molecule has 2 heterocycles. The molecule has 0 unspecified atom stereocenters. The largest absolute Gasteiger partial charge is 0.481 e. The van der Waals surface area contributed by atoms with Gasteiger partial charge in [-0.3, -0.25) is 9.78 Å². The molecule has 31 heavy (non-hydrogen) atoms. The molecule has 8 heteroatoms. The molecular weight excluding hydrogens is 416 g/mol. The number of carbonyl (C=O) groups excluding carboxylic acids is 1. The molecule has 2 aromatic heterocycles. The topological polar surface area (TPSA) is 90.1 Å². The number of benzene rings is 2. The second kappa shape index (κ2) is 8.73. The number of ether oxygens (including phenoxy) is 1. The normalized spacial score (nSPS) is 11.1. The van der Waals surface area contributed by atoms with Crippen LogP contribution in [-0.2, 0) is 4.79 Å². The van der Waals surface area contributed by atoms with E-state index in [-0.39, 0.29) is 18.4 Å². The maximum absolute atomic E-state index is 12.7. The summed E-state index contributed by atoms with van der Waals surface area (Å²) in [6.07, 6.45) is 1.65. The van der Waals surface area contributed by atoms with Crippen LogP contribution in [0.4, 0.5) is 5.69 Å². The van der Waals surface area contributed by atoms with Crippen molar-refractivity contribution in [2.45, 2.75) is 26.7 Å². The van der Waals surface area contributed by atoms with Crippen LogP contribution in [0.2, 0.25) is 5.02 Å². The van der Waals surface area contributed by atoms with Crippen molar-refractivity contribution in [3.05, 3.63) is 65.1 Å². The molecule has 4 aromatic rings. The van der Waals surface area contributed by atoms with E-state index in [9.17, 15) is 4.79 Å². The summed E-state index contributed by atoms with van der Waals surface area (Å²) >= 11 is 6.22. The summed E-state index contributed by atoms with van der Waals surface area (Å²) < 4.78 is 11.2. The van der Waals surface area contributed by atoms with E-state index in [4.69, 9.17) is 20.9 Å². The first-order valence-corrected chi connectivity index (χ1v) is 10.2. The molecular formula is C23H21ClN4O3. The highest BCUT2D eigenvalue weighted by atomic mass is 35.5. The number of amides is 1. The van der Waals surface area contributed by atoms with E-state index in [1.165, 1.54) is 0 Å². The molecule has 0 aliphatic carbocycles. The van der Waals surface area contributed by atoms with Crippen molar-refractivity contribution in [2.24, 2.45) is 0 Å². The standard InChI is InChI=1S/C23H21ClN4O3/c1-13(2)22-27-23(31-28-22)16-7-4-6-14(3)20(16)26-19(29)12-30-18-10-9-17(24)15-8-5-11-25-21(15)18/h4-11,13H,12H2,1-3H3,(H,26,29). The summed E-state index contributed by atoms with van der Waals surface area (Å²) in [5.74, 6) is 1.27. The van der Waals surface area contributed by atoms with Gasteiger partial charge < -0.3 is 14.6 Å². The molecule has 0 bridgehead atoms. The van der Waals surface area contributed by atoms with Crippen LogP contribution < -0.4 is 10.1 Å². The van der Waals surface area contributed by atoms with Crippen molar-refractivity contribution in [1.82, 2.24) is 15.1 Å². The molecule has 0 atom stereocenters. The van der Waals surface area contributed by atoms with Crippen LogP contribution >= 0.6 is 11.6 Å². The van der Waals surface area contributed by atoms with Crippen molar-refractivity contribution in [1.29, 1.82) is 0 Å². The fraction of sp³-hybridized carbons (Fsp3) is 0.217. The quantitative estimate of drug-likeness (QED) is 0.436. The average Bonchev–Trinajstić information content (AvgIpc) is 3.25. The van der Waals surface area contributed by atoms with Crippen LogP contribution in [0.15, 0.2) is 53.2 Å². The zero-order valence-corrected chi connectivity index (χ0v) is 18.1. The van der Waals surface area contributed by atoms with Crippen molar-refractivity contribution >= 4 is 34.1 Å². The lowest BCUT2D eigenvalue weighted by Crippen LogP contribution is -2.21. The lowest BCUT2D eigenvalue weighted by atomic mass is 10.1. The van der Waals surface area contributed by atoms with Gasteiger partial charge in [-0.2, -0.15) is 4.98 Å². The molecule has 2 aromatic carbocycles. The van der Waals surface area contributed by atoms with Crippen LogP contribution in [0.5, 0.6) is 5.75 Å². The molecule has 0 fully saturated rings. The number of carbonyl (C=O) groups is 1. The van der Waals surface area contributed by atoms with Gasteiger partial charge in [-0.1, -0.05) is 42.7 Å². The van der Waals surface area contributed by atoms with Crippen molar-refractivity contribution in [3.8, 4) is 17.2 Å². The zero-order valence-electron chi connectivity index (χ0n) is 17.3. The van der Waals surface area contributed by atoms with Gasteiger partial charge in [0.2, 0.25) is 0 Å². The zero-order chi connectivity index (χ0) is 22.0. The number of aryl methyl sites for hydroxylation is 1. The number of aromatic nitrogens is 3. The summed E-state index contributed by atoms with van der Waals surface area (Å²) in [5, 5.41) is 8.26. The first kappa shape index (κ1) is 20.8. The fourth-order valence-corrected chi connectivity index (χ4v) is 3.35. The van der Waals surface area contributed by atoms with Gasteiger partial charge >= 0.3 is 0 Å². The number of anilines is 1. The van der Waals surface area contributed by atoms with E-state index in [1.807, 2.05) is 45.0 Å².